The van der Waals surface area contributed by atoms with Crippen LogP contribution in [-0.2, 0) is 6.54 Å². The van der Waals surface area contributed by atoms with Crippen molar-refractivity contribution in [2.45, 2.75) is 13.5 Å². The molecule has 0 bridgehead atoms. The summed E-state index contributed by atoms with van der Waals surface area (Å²) in [5, 5.41) is 10.8. The van der Waals surface area contributed by atoms with Gasteiger partial charge in [0.25, 0.3) is 11.6 Å². The van der Waals surface area contributed by atoms with Gasteiger partial charge in [0.2, 0.25) is 0 Å². The minimum Gasteiger partial charge on any atom is -0.337 e. The summed E-state index contributed by atoms with van der Waals surface area (Å²) < 4.78 is 13.6. The molecule has 0 unspecified atom stereocenters. The lowest BCUT2D eigenvalue weighted by molar-refractivity contribution is -0.385. The van der Waals surface area contributed by atoms with Crippen LogP contribution < -0.4 is 0 Å². The van der Waals surface area contributed by atoms with Gasteiger partial charge in [0.15, 0.2) is 0 Å². The minimum atomic E-state index is -0.493. The maximum atomic E-state index is 13.6. The van der Waals surface area contributed by atoms with Gasteiger partial charge >= 0.3 is 0 Å². The largest absolute Gasteiger partial charge is 0.337 e. The normalized spacial score (nSPS) is 10.3. The molecule has 0 aliphatic rings. The number of hydrogen-bond donors (Lipinski definition) is 0. The van der Waals surface area contributed by atoms with E-state index in [9.17, 15) is 19.3 Å². The van der Waals surface area contributed by atoms with Gasteiger partial charge in [0, 0.05) is 36.3 Å². The molecule has 0 heterocycles. The van der Waals surface area contributed by atoms with Crippen LogP contribution in [0, 0.1) is 22.9 Å². The van der Waals surface area contributed by atoms with Crippen molar-refractivity contribution in [3.05, 3.63) is 75.1 Å². The highest BCUT2D eigenvalue weighted by molar-refractivity contribution is 5.94. The smallest absolute Gasteiger partial charge is 0.272 e. The molecule has 2 aromatic rings. The van der Waals surface area contributed by atoms with E-state index in [4.69, 9.17) is 0 Å². The highest BCUT2D eigenvalue weighted by Crippen LogP contribution is 2.20. The fraction of sp³-hybridized carbons (Fsp3) is 0.188. The number of carbonyl (C=O) groups excluding carboxylic acids is 1. The second-order valence-corrected chi connectivity index (χ2v) is 5.01. The third kappa shape index (κ3) is 3.28. The van der Waals surface area contributed by atoms with E-state index in [2.05, 4.69) is 0 Å². The number of nitro groups is 1. The van der Waals surface area contributed by atoms with E-state index in [1.54, 1.807) is 32.2 Å². The van der Waals surface area contributed by atoms with Crippen molar-refractivity contribution in [1.82, 2.24) is 4.90 Å². The van der Waals surface area contributed by atoms with Crippen molar-refractivity contribution < 1.29 is 14.1 Å². The van der Waals surface area contributed by atoms with E-state index in [0.717, 1.165) is 0 Å². The monoisotopic (exact) mass is 302 g/mol. The van der Waals surface area contributed by atoms with Crippen molar-refractivity contribution in [1.29, 1.82) is 0 Å². The molecule has 0 aliphatic carbocycles. The van der Waals surface area contributed by atoms with Crippen LogP contribution in [0.25, 0.3) is 0 Å². The first-order chi connectivity index (χ1) is 10.4. The molecule has 6 heteroatoms. The Labute approximate surface area is 127 Å². The second kappa shape index (κ2) is 6.34. The van der Waals surface area contributed by atoms with Gasteiger partial charge in [-0.05, 0) is 25.1 Å². The van der Waals surface area contributed by atoms with Crippen LogP contribution in [0.5, 0.6) is 0 Å². The molecule has 2 aromatic carbocycles. The van der Waals surface area contributed by atoms with Crippen LogP contribution >= 0.6 is 0 Å². The van der Waals surface area contributed by atoms with E-state index in [-0.39, 0.29) is 24.0 Å². The summed E-state index contributed by atoms with van der Waals surface area (Å²) in [6, 6.07) is 10.4. The third-order valence-electron chi connectivity index (χ3n) is 3.35. The zero-order chi connectivity index (χ0) is 16.3. The lowest BCUT2D eigenvalue weighted by Crippen LogP contribution is -2.26. The maximum absolute atomic E-state index is 13.6. The molecule has 0 aliphatic heterocycles. The van der Waals surface area contributed by atoms with Gasteiger partial charge < -0.3 is 4.90 Å². The Morgan fingerprint density at radius 2 is 1.95 bits per heavy atom. The van der Waals surface area contributed by atoms with Gasteiger partial charge in [0.1, 0.15) is 5.82 Å². The number of rotatable bonds is 4. The van der Waals surface area contributed by atoms with Gasteiger partial charge in [-0.3, -0.25) is 14.9 Å². The van der Waals surface area contributed by atoms with Crippen molar-refractivity contribution in [3.63, 3.8) is 0 Å². The quantitative estimate of drug-likeness (QED) is 0.643. The molecule has 114 valence electrons. The van der Waals surface area contributed by atoms with Gasteiger partial charge in [-0.1, -0.05) is 18.2 Å². The molecule has 0 fully saturated rings. The first-order valence-electron chi connectivity index (χ1n) is 6.64. The molecule has 0 saturated heterocycles. The number of aryl methyl sites for hydroxylation is 1. The van der Waals surface area contributed by atoms with Crippen LogP contribution in [0.15, 0.2) is 42.5 Å². The molecule has 0 saturated carbocycles. The average molecular weight is 302 g/mol. The molecule has 0 atom stereocenters. The Balaban J connectivity index is 2.19. The Morgan fingerprint density at radius 1 is 1.27 bits per heavy atom. The predicted octanol–water partition coefficient (Wildman–Crippen LogP) is 3.31. The highest BCUT2D eigenvalue weighted by atomic mass is 19.1. The summed E-state index contributed by atoms with van der Waals surface area (Å²) in [7, 11) is 1.56. The first-order valence-corrected chi connectivity index (χ1v) is 6.64. The topological polar surface area (TPSA) is 63.5 Å². The first kappa shape index (κ1) is 15.6. The Bertz CT molecular complexity index is 731. The summed E-state index contributed by atoms with van der Waals surface area (Å²) in [5.74, 6) is -0.691. The van der Waals surface area contributed by atoms with Crippen LogP contribution in [0.3, 0.4) is 0 Å². The standard InChI is InChI=1S/C16H15FN2O3/c1-11-9-12(7-8-15(11)19(21)22)16(20)18(2)10-13-5-3-4-6-14(13)17/h3-9H,10H2,1-2H3. The summed E-state index contributed by atoms with van der Waals surface area (Å²) >= 11 is 0. The molecular formula is C16H15FN2O3. The molecule has 22 heavy (non-hydrogen) atoms. The number of halogens is 1. The highest BCUT2D eigenvalue weighted by Gasteiger charge is 2.17. The van der Waals surface area contributed by atoms with Crippen LogP contribution in [0.2, 0.25) is 0 Å². The number of nitro benzene ring substituents is 1. The summed E-state index contributed by atoms with van der Waals surface area (Å²) in [5.41, 5.74) is 1.13. The number of nitrogens with zero attached hydrogens (tertiary/aromatic N) is 2. The van der Waals surface area contributed by atoms with E-state index in [1.807, 2.05) is 0 Å². The number of amides is 1. The lowest BCUT2D eigenvalue weighted by atomic mass is 10.1. The van der Waals surface area contributed by atoms with Crippen molar-refractivity contribution in [2.75, 3.05) is 7.05 Å². The van der Waals surface area contributed by atoms with Gasteiger partial charge in [0.05, 0.1) is 4.92 Å². The summed E-state index contributed by atoms with van der Waals surface area (Å²) in [6.45, 7) is 1.70. The number of benzene rings is 2. The molecule has 0 N–H and O–H groups in total. The van der Waals surface area contributed by atoms with E-state index in [0.29, 0.717) is 16.7 Å². The van der Waals surface area contributed by atoms with Gasteiger partial charge in [-0.15, -0.1) is 0 Å². The summed E-state index contributed by atoms with van der Waals surface area (Å²) in [6.07, 6.45) is 0. The average Bonchev–Trinajstić information content (AvgIpc) is 2.48. The number of hydrogen-bond acceptors (Lipinski definition) is 3. The third-order valence-corrected chi connectivity index (χ3v) is 3.35. The summed E-state index contributed by atoms with van der Waals surface area (Å²) in [4.78, 5) is 24.0. The van der Waals surface area contributed by atoms with E-state index < -0.39 is 4.92 Å². The second-order valence-electron chi connectivity index (χ2n) is 5.01. The van der Waals surface area contributed by atoms with Crippen molar-refractivity contribution in [2.24, 2.45) is 0 Å². The van der Waals surface area contributed by atoms with Crippen LogP contribution in [0.4, 0.5) is 10.1 Å². The fourth-order valence-corrected chi connectivity index (χ4v) is 2.17. The van der Waals surface area contributed by atoms with Gasteiger partial charge in [-0.25, -0.2) is 4.39 Å². The van der Waals surface area contributed by atoms with Crippen LogP contribution in [0.1, 0.15) is 21.5 Å². The maximum Gasteiger partial charge on any atom is 0.272 e. The molecule has 0 radical (unpaired) electrons. The molecular weight excluding hydrogens is 287 g/mol. The molecule has 5 nitrogen and oxygen atoms in total. The van der Waals surface area contributed by atoms with E-state index in [1.165, 1.54) is 29.2 Å². The SMILES string of the molecule is Cc1cc(C(=O)N(C)Cc2ccccc2F)ccc1[N+](=O)[O-]. The van der Waals surface area contributed by atoms with Crippen LogP contribution in [-0.4, -0.2) is 22.8 Å². The van der Waals surface area contributed by atoms with E-state index >= 15 is 0 Å². The van der Waals surface area contributed by atoms with Gasteiger partial charge in [-0.2, -0.15) is 0 Å². The Kier molecular flexibility index (Phi) is 4.50. The van der Waals surface area contributed by atoms with Crippen molar-refractivity contribution >= 4 is 11.6 Å². The Hall–Kier alpha value is -2.76. The minimum absolute atomic E-state index is 0.0340. The number of carbonyl (C=O) groups is 1. The molecule has 1 amide bonds. The lowest BCUT2D eigenvalue weighted by Gasteiger charge is -2.18. The molecule has 0 aromatic heterocycles. The molecule has 2 rings (SSSR count). The molecule has 0 spiro atoms. The zero-order valence-electron chi connectivity index (χ0n) is 12.2. The zero-order valence-corrected chi connectivity index (χ0v) is 12.2. The Morgan fingerprint density at radius 3 is 2.55 bits per heavy atom. The fourth-order valence-electron chi connectivity index (χ4n) is 2.17. The predicted molar refractivity (Wildman–Crippen MR) is 80.0 cm³/mol. The van der Waals surface area contributed by atoms with Crippen molar-refractivity contribution in [3.8, 4) is 0 Å².